The van der Waals surface area contributed by atoms with Gasteiger partial charge in [-0.2, -0.15) is 0 Å². The van der Waals surface area contributed by atoms with Gasteiger partial charge in [-0.25, -0.2) is 4.39 Å². The number of hydrogen-bond donors (Lipinski definition) is 1. The van der Waals surface area contributed by atoms with Gasteiger partial charge in [0.2, 0.25) is 6.79 Å². The fraction of sp³-hybridized carbons (Fsp3) is 0.200. The Hall–Kier alpha value is -2.43. The van der Waals surface area contributed by atoms with E-state index >= 15 is 0 Å². The van der Waals surface area contributed by atoms with Gasteiger partial charge in [0.25, 0.3) is 0 Å². The maximum Gasteiger partial charge on any atom is 0.231 e. The molecule has 20 heavy (non-hydrogen) atoms. The zero-order valence-electron chi connectivity index (χ0n) is 11.0. The SMILES string of the molecule is COc1cc(NCc2ccc3c(c2)OCO3)ccc1F. The largest absolute Gasteiger partial charge is 0.494 e. The Kier molecular flexibility index (Phi) is 3.33. The van der Waals surface area contributed by atoms with Crippen LogP contribution in [0.15, 0.2) is 36.4 Å². The molecule has 0 unspecified atom stereocenters. The summed E-state index contributed by atoms with van der Waals surface area (Å²) in [7, 11) is 1.44. The normalized spacial score (nSPS) is 12.3. The Morgan fingerprint density at radius 1 is 1.15 bits per heavy atom. The molecule has 0 aromatic heterocycles. The highest BCUT2D eigenvalue weighted by molar-refractivity contribution is 5.50. The topological polar surface area (TPSA) is 39.7 Å². The first kappa shape index (κ1) is 12.6. The number of ether oxygens (including phenoxy) is 3. The summed E-state index contributed by atoms with van der Waals surface area (Å²) in [4.78, 5) is 0. The van der Waals surface area contributed by atoms with Crippen molar-refractivity contribution in [3.05, 3.63) is 47.8 Å². The van der Waals surface area contributed by atoms with E-state index in [2.05, 4.69) is 5.32 Å². The van der Waals surface area contributed by atoms with E-state index in [9.17, 15) is 4.39 Å². The number of halogens is 1. The predicted octanol–water partition coefficient (Wildman–Crippen LogP) is 3.18. The van der Waals surface area contributed by atoms with Crippen molar-refractivity contribution < 1.29 is 18.6 Å². The highest BCUT2D eigenvalue weighted by atomic mass is 19.1. The first-order chi connectivity index (χ1) is 9.76. The van der Waals surface area contributed by atoms with Gasteiger partial charge in [-0.3, -0.25) is 0 Å². The van der Waals surface area contributed by atoms with Crippen molar-refractivity contribution in [2.75, 3.05) is 19.2 Å². The third-order valence-corrected chi connectivity index (χ3v) is 3.08. The average Bonchev–Trinajstić information content (AvgIpc) is 2.94. The minimum atomic E-state index is -0.374. The molecule has 0 aliphatic carbocycles. The van der Waals surface area contributed by atoms with E-state index < -0.39 is 0 Å². The van der Waals surface area contributed by atoms with Crippen LogP contribution in [0.4, 0.5) is 10.1 Å². The van der Waals surface area contributed by atoms with E-state index in [1.54, 1.807) is 12.1 Å². The van der Waals surface area contributed by atoms with Crippen molar-refractivity contribution in [1.82, 2.24) is 0 Å². The number of rotatable bonds is 4. The Labute approximate surface area is 116 Å². The summed E-state index contributed by atoms with van der Waals surface area (Å²) in [5.74, 6) is 1.36. The van der Waals surface area contributed by atoms with Crippen LogP contribution in [0.2, 0.25) is 0 Å². The van der Waals surface area contributed by atoms with Crippen molar-refractivity contribution >= 4 is 5.69 Å². The Morgan fingerprint density at radius 3 is 2.85 bits per heavy atom. The highest BCUT2D eigenvalue weighted by Crippen LogP contribution is 2.32. The van der Waals surface area contributed by atoms with E-state index in [-0.39, 0.29) is 18.4 Å². The van der Waals surface area contributed by atoms with Gasteiger partial charge in [0.05, 0.1) is 7.11 Å². The summed E-state index contributed by atoms with van der Waals surface area (Å²) in [5, 5.41) is 3.21. The molecule has 1 aliphatic rings. The Bertz CT molecular complexity index is 620. The minimum Gasteiger partial charge on any atom is -0.494 e. The summed E-state index contributed by atoms with van der Waals surface area (Å²) in [6.07, 6.45) is 0. The lowest BCUT2D eigenvalue weighted by atomic mass is 10.2. The number of anilines is 1. The first-order valence-electron chi connectivity index (χ1n) is 6.22. The number of benzene rings is 2. The molecule has 0 fully saturated rings. The van der Waals surface area contributed by atoms with Gasteiger partial charge in [-0.05, 0) is 29.8 Å². The molecular weight excluding hydrogens is 261 g/mol. The molecule has 1 aliphatic heterocycles. The van der Waals surface area contributed by atoms with Gasteiger partial charge >= 0.3 is 0 Å². The second-order valence-electron chi connectivity index (χ2n) is 4.39. The summed E-state index contributed by atoms with van der Waals surface area (Å²) in [6.45, 7) is 0.868. The van der Waals surface area contributed by atoms with Crippen LogP contribution in [0.1, 0.15) is 5.56 Å². The van der Waals surface area contributed by atoms with E-state index in [1.165, 1.54) is 13.2 Å². The molecule has 3 rings (SSSR count). The van der Waals surface area contributed by atoms with Crippen LogP contribution in [-0.2, 0) is 6.54 Å². The number of methoxy groups -OCH3 is 1. The van der Waals surface area contributed by atoms with E-state index in [0.717, 1.165) is 22.7 Å². The molecule has 4 nitrogen and oxygen atoms in total. The van der Waals surface area contributed by atoms with Crippen LogP contribution < -0.4 is 19.5 Å². The molecule has 0 amide bonds. The molecule has 0 saturated carbocycles. The van der Waals surface area contributed by atoms with Crippen LogP contribution >= 0.6 is 0 Å². The van der Waals surface area contributed by atoms with Gasteiger partial charge in [-0.15, -0.1) is 0 Å². The van der Waals surface area contributed by atoms with Gasteiger partial charge in [0.1, 0.15) is 0 Å². The molecule has 1 N–H and O–H groups in total. The fourth-order valence-corrected chi connectivity index (χ4v) is 2.02. The summed E-state index contributed by atoms with van der Waals surface area (Å²) >= 11 is 0. The molecule has 0 atom stereocenters. The van der Waals surface area contributed by atoms with Crippen LogP contribution in [0.3, 0.4) is 0 Å². The molecule has 2 aromatic carbocycles. The predicted molar refractivity (Wildman–Crippen MR) is 72.8 cm³/mol. The lowest BCUT2D eigenvalue weighted by molar-refractivity contribution is 0.174. The molecule has 0 radical (unpaired) electrons. The van der Waals surface area contributed by atoms with Crippen LogP contribution in [0.25, 0.3) is 0 Å². The maximum atomic E-state index is 13.3. The zero-order chi connectivity index (χ0) is 13.9. The molecule has 104 valence electrons. The van der Waals surface area contributed by atoms with Crippen molar-refractivity contribution in [2.45, 2.75) is 6.54 Å². The summed E-state index contributed by atoms with van der Waals surface area (Å²) < 4.78 is 28.8. The van der Waals surface area contributed by atoms with Crippen LogP contribution in [0, 0.1) is 5.82 Å². The quantitative estimate of drug-likeness (QED) is 0.930. The zero-order valence-corrected chi connectivity index (χ0v) is 11.0. The monoisotopic (exact) mass is 275 g/mol. The molecule has 0 saturated heterocycles. The lowest BCUT2D eigenvalue weighted by Crippen LogP contribution is -2.00. The second kappa shape index (κ2) is 5.28. The molecule has 0 bridgehead atoms. The smallest absolute Gasteiger partial charge is 0.231 e. The lowest BCUT2D eigenvalue weighted by Gasteiger charge is -2.09. The third-order valence-electron chi connectivity index (χ3n) is 3.08. The van der Waals surface area contributed by atoms with Crippen molar-refractivity contribution in [2.24, 2.45) is 0 Å². The highest BCUT2D eigenvalue weighted by Gasteiger charge is 2.13. The molecule has 2 aromatic rings. The van der Waals surface area contributed by atoms with Crippen LogP contribution in [-0.4, -0.2) is 13.9 Å². The van der Waals surface area contributed by atoms with Gasteiger partial charge in [0, 0.05) is 18.3 Å². The van der Waals surface area contributed by atoms with Gasteiger partial charge < -0.3 is 19.5 Å². The average molecular weight is 275 g/mol. The number of hydrogen-bond acceptors (Lipinski definition) is 4. The number of nitrogens with one attached hydrogen (secondary N) is 1. The van der Waals surface area contributed by atoms with Gasteiger partial charge in [0.15, 0.2) is 23.1 Å². The first-order valence-corrected chi connectivity index (χ1v) is 6.22. The molecule has 1 heterocycles. The van der Waals surface area contributed by atoms with Crippen LogP contribution in [0.5, 0.6) is 17.2 Å². The van der Waals surface area contributed by atoms with E-state index in [4.69, 9.17) is 14.2 Å². The maximum absolute atomic E-state index is 13.3. The third kappa shape index (κ3) is 2.47. The Balaban J connectivity index is 1.70. The molecular formula is C15H14FNO3. The Morgan fingerprint density at radius 2 is 2.00 bits per heavy atom. The van der Waals surface area contributed by atoms with E-state index in [0.29, 0.717) is 6.54 Å². The molecule has 5 heteroatoms. The second-order valence-corrected chi connectivity index (χ2v) is 4.39. The standard InChI is InChI=1S/C15H14FNO3/c1-18-14-7-11(3-4-12(14)16)17-8-10-2-5-13-15(6-10)20-9-19-13/h2-7,17H,8-9H2,1H3. The van der Waals surface area contributed by atoms with Crippen molar-refractivity contribution in [3.8, 4) is 17.2 Å². The summed E-state index contributed by atoms with van der Waals surface area (Å²) in [6, 6.07) is 10.4. The minimum absolute atomic E-state index is 0.223. The molecule has 0 spiro atoms. The number of fused-ring (bicyclic) bond motifs is 1. The van der Waals surface area contributed by atoms with Crippen molar-refractivity contribution in [3.63, 3.8) is 0 Å². The van der Waals surface area contributed by atoms with Gasteiger partial charge in [-0.1, -0.05) is 6.07 Å². The van der Waals surface area contributed by atoms with Crippen molar-refractivity contribution in [1.29, 1.82) is 0 Å². The van der Waals surface area contributed by atoms with E-state index in [1.807, 2.05) is 18.2 Å². The summed E-state index contributed by atoms with van der Waals surface area (Å²) in [5.41, 5.74) is 1.85. The fourth-order valence-electron chi connectivity index (χ4n) is 2.02.